The van der Waals surface area contributed by atoms with E-state index in [1.54, 1.807) is 0 Å². The molecule has 21 heavy (non-hydrogen) atoms. The van der Waals surface area contributed by atoms with Crippen LogP contribution < -0.4 is 5.73 Å². The van der Waals surface area contributed by atoms with Crippen LogP contribution in [0, 0.1) is 5.92 Å². The lowest BCUT2D eigenvalue weighted by molar-refractivity contribution is 0.0153. The molecule has 1 aliphatic rings. The zero-order valence-corrected chi connectivity index (χ0v) is 14.6. The molecule has 2 heteroatoms. The molecule has 0 aliphatic heterocycles. The van der Waals surface area contributed by atoms with Crippen molar-refractivity contribution in [3.05, 3.63) is 0 Å². The van der Waals surface area contributed by atoms with Crippen LogP contribution >= 0.6 is 0 Å². The zero-order valence-electron chi connectivity index (χ0n) is 14.6. The highest BCUT2D eigenvalue weighted by molar-refractivity contribution is 4.82. The van der Waals surface area contributed by atoms with Crippen molar-refractivity contribution in [2.75, 3.05) is 7.11 Å². The Labute approximate surface area is 133 Å². The highest BCUT2D eigenvalue weighted by Crippen LogP contribution is 2.29. The van der Waals surface area contributed by atoms with E-state index in [9.17, 15) is 0 Å². The maximum atomic E-state index is 6.41. The third-order valence-corrected chi connectivity index (χ3v) is 5.20. The van der Waals surface area contributed by atoms with Gasteiger partial charge in [-0.2, -0.15) is 0 Å². The number of hydrogen-bond donors (Lipinski definition) is 1. The van der Waals surface area contributed by atoms with Gasteiger partial charge in [0, 0.05) is 13.2 Å². The molecule has 1 fully saturated rings. The van der Waals surface area contributed by atoms with Gasteiger partial charge in [-0.3, -0.25) is 0 Å². The molecule has 0 spiro atoms. The summed E-state index contributed by atoms with van der Waals surface area (Å²) in [6, 6.07) is 0.248. The first-order valence-corrected chi connectivity index (χ1v) is 9.58. The summed E-state index contributed by atoms with van der Waals surface area (Å²) in [6.45, 7) is 2.28. The number of unbranched alkanes of at least 4 members (excludes halogenated alkanes) is 7. The molecule has 1 aliphatic carbocycles. The second-order valence-corrected chi connectivity index (χ2v) is 7.03. The molecular formula is C19H39NO. The number of ether oxygens (including phenoxy) is 1. The van der Waals surface area contributed by atoms with E-state index in [1.807, 2.05) is 7.11 Å². The van der Waals surface area contributed by atoms with Gasteiger partial charge < -0.3 is 10.5 Å². The van der Waals surface area contributed by atoms with E-state index in [0.29, 0.717) is 12.0 Å². The Bertz CT molecular complexity index is 226. The van der Waals surface area contributed by atoms with Crippen molar-refractivity contribution in [1.29, 1.82) is 0 Å². The maximum Gasteiger partial charge on any atom is 0.0750 e. The lowest BCUT2D eigenvalue weighted by atomic mass is 9.81. The van der Waals surface area contributed by atoms with Crippen LogP contribution in [0.1, 0.15) is 96.8 Å². The molecule has 0 aromatic rings. The largest absolute Gasteiger partial charge is 0.380 e. The van der Waals surface area contributed by atoms with Gasteiger partial charge in [-0.05, 0) is 25.2 Å². The first-order valence-electron chi connectivity index (χ1n) is 9.58. The van der Waals surface area contributed by atoms with Crippen LogP contribution in [0.5, 0.6) is 0 Å². The predicted octanol–water partition coefficient (Wildman–Crippen LogP) is 5.44. The van der Waals surface area contributed by atoms with Gasteiger partial charge in [-0.15, -0.1) is 0 Å². The Balaban J connectivity index is 2.06. The van der Waals surface area contributed by atoms with Crippen molar-refractivity contribution in [3.8, 4) is 0 Å². The number of rotatable bonds is 12. The van der Waals surface area contributed by atoms with Gasteiger partial charge in [-0.1, -0.05) is 77.6 Å². The Hall–Kier alpha value is -0.0800. The summed E-state index contributed by atoms with van der Waals surface area (Å²) in [5, 5.41) is 0. The van der Waals surface area contributed by atoms with Crippen molar-refractivity contribution in [2.45, 2.75) is 109 Å². The van der Waals surface area contributed by atoms with Gasteiger partial charge in [-0.25, -0.2) is 0 Å². The molecule has 0 bridgehead atoms. The lowest BCUT2D eigenvalue weighted by Gasteiger charge is -2.33. The second-order valence-electron chi connectivity index (χ2n) is 7.03. The van der Waals surface area contributed by atoms with Crippen molar-refractivity contribution >= 4 is 0 Å². The summed E-state index contributed by atoms with van der Waals surface area (Å²) in [7, 11) is 1.85. The third kappa shape index (κ3) is 8.21. The topological polar surface area (TPSA) is 35.2 Å². The summed E-state index contributed by atoms with van der Waals surface area (Å²) < 4.78 is 5.75. The Morgan fingerprint density at radius 2 is 1.48 bits per heavy atom. The van der Waals surface area contributed by atoms with Crippen molar-refractivity contribution in [1.82, 2.24) is 0 Å². The van der Waals surface area contributed by atoms with Gasteiger partial charge in [0.25, 0.3) is 0 Å². The first-order chi connectivity index (χ1) is 10.3. The molecule has 126 valence electrons. The average Bonchev–Trinajstić information content (AvgIpc) is 2.52. The maximum absolute atomic E-state index is 6.41. The number of methoxy groups -OCH3 is 1. The molecule has 2 nitrogen and oxygen atoms in total. The van der Waals surface area contributed by atoms with Crippen LogP contribution in [0.2, 0.25) is 0 Å². The van der Waals surface area contributed by atoms with Crippen LogP contribution in [0.4, 0.5) is 0 Å². The molecule has 0 heterocycles. The van der Waals surface area contributed by atoms with E-state index in [4.69, 9.17) is 10.5 Å². The Morgan fingerprint density at radius 1 is 0.905 bits per heavy atom. The van der Waals surface area contributed by atoms with Crippen LogP contribution in [-0.4, -0.2) is 19.3 Å². The Morgan fingerprint density at radius 3 is 2.05 bits per heavy atom. The zero-order chi connectivity index (χ0) is 15.3. The summed E-state index contributed by atoms with van der Waals surface area (Å²) in [6.07, 6.45) is 19.2. The fraction of sp³-hybridized carbons (Fsp3) is 1.00. The third-order valence-electron chi connectivity index (χ3n) is 5.20. The molecule has 2 N–H and O–H groups in total. The smallest absolute Gasteiger partial charge is 0.0750 e. The van der Waals surface area contributed by atoms with E-state index in [1.165, 1.54) is 83.5 Å². The minimum Gasteiger partial charge on any atom is -0.380 e. The van der Waals surface area contributed by atoms with E-state index in [-0.39, 0.29) is 6.04 Å². The highest BCUT2D eigenvalue weighted by atomic mass is 16.5. The summed E-state index contributed by atoms with van der Waals surface area (Å²) in [4.78, 5) is 0. The van der Waals surface area contributed by atoms with Crippen molar-refractivity contribution < 1.29 is 4.74 Å². The lowest BCUT2D eigenvalue weighted by Crippen LogP contribution is -2.42. The van der Waals surface area contributed by atoms with E-state index >= 15 is 0 Å². The second kappa shape index (κ2) is 12.5. The minimum absolute atomic E-state index is 0.248. The molecule has 2 unspecified atom stereocenters. The number of nitrogens with two attached hydrogens (primary N) is 1. The minimum atomic E-state index is 0.248. The Kier molecular flexibility index (Phi) is 11.3. The molecule has 0 amide bonds. The van der Waals surface area contributed by atoms with Crippen LogP contribution in [0.15, 0.2) is 0 Å². The molecule has 2 atom stereocenters. The molecule has 0 saturated heterocycles. The summed E-state index contributed by atoms with van der Waals surface area (Å²) in [5.74, 6) is 0.716. The van der Waals surface area contributed by atoms with Gasteiger partial charge in [0.2, 0.25) is 0 Å². The molecule has 0 radical (unpaired) electrons. The monoisotopic (exact) mass is 297 g/mol. The van der Waals surface area contributed by atoms with Crippen LogP contribution in [0.25, 0.3) is 0 Å². The molecular weight excluding hydrogens is 258 g/mol. The molecule has 0 aromatic heterocycles. The normalized spacial score (nSPS) is 19.6. The fourth-order valence-electron chi connectivity index (χ4n) is 3.86. The van der Waals surface area contributed by atoms with Gasteiger partial charge in [0.05, 0.1) is 6.10 Å². The van der Waals surface area contributed by atoms with E-state index in [2.05, 4.69) is 6.92 Å². The van der Waals surface area contributed by atoms with Crippen LogP contribution in [0.3, 0.4) is 0 Å². The fourth-order valence-corrected chi connectivity index (χ4v) is 3.86. The molecule has 1 rings (SSSR count). The summed E-state index contributed by atoms with van der Waals surface area (Å²) in [5.41, 5.74) is 6.41. The van der Waals surface area contributed by atoms with Gasteiger partial charge in [0.1, 0.15) is 0 Å². The first kappa shape index (κ1) is 19.0. The van der Waals surface area contributed by atoms with E-state index < -0.39 is 0 Å². The van der Waals surface area contributed by atoms with Crippen LogP contribution in [-0.2, 0) is 4.74 Å². The number of hydrogen-bond acceptors (Lipinski definition) is 2. The predicted molar refractivity (Wildman–Crippen MR) is 92.6 cm³/mol. The molecule has 1 saturated carbocycles. The summed E-state index contributed by atoms with van der Waals surface area (Å²) >= 11 is 0. The SMILES string of the molecule is CCCCCCCCCCC(N)C(OC)C1CCCCC1. The van der Waals surface area contributed by atoms with Crippen molar-refractivity contribution in [3.63, 3.8) is 0 Å². The van der Waals surface area contributed by atoms with E-state index in [0.717, 1.165) is 6.42 Å². The standard InChI is InChI=1S/C19H39NO/c1-3-4-5-6-7-8-9-13-16-18(20)19(21-2)17-14-11-10-12-15-17/h17-19H,3-16,20H2,1-2H3. The van der Waals surface area contributed by atoms with Crippen molar-refractivity contribution in [2.24, 2.45) is 11.7 Å². The van der Waals surface area contributed by atoms with Gasteiger partial charge >= 0.3 is 0 Å². The molecule has 0 aromatic carbocycles. The van der Waals surface area contributed by atoms with Gasteiger partial charge in [0.15, 0.2) is 0 Å². The average molecular weight is 298 g/mol. The highest BCUT2D eigenvalue weighted by Gasteiger charge is 2.28. The quantitative estimate of drug-likeness (QED) is 0.487.